The van der Waals surface area contributed by atoms with Gasteiger partial charge in [-0.3, -0.25) is 0 Å². The third-order valence-electron chi connectivity index (χ3n) is 4.89. The molecule has 0 bridgehead atoms. The number of hydrogen-bond acceptors (Lipinski definition) is 6. The largest absolute Gasteiger partial charge is 0.508 e. The van der Waals surface area contributed by atoms with Gasteiger partial charge in [0.2, 0.25) is 5.88 Å². The van der Waals surface area contributed by atoms with Crippen molar-refractivity contribution in [3.8, 4) is 34.4 Å². The van der Waals surface area contributed by atoms with E-state index in [1.165, 1.54) is 12.1 Å². The SMILES string of the molecule is COc1cccc2nc(-c3c(Cl)cc(O)cc3Cl)c(Nc3ccc4c(c3)OCCO4)n12. The average Bonchev–Trinajstić information content (AvgIpc) is 3.11. The standard InChI is InChI=1S/C22H17Cl2N3O4/c1-29-19-4-2-3-18-26-21(20-14(23)10-13(28)11-15(20)24)22(27(18)19)25-12-5-6-16-17(9-12)31-8-7-30-16/h2-6,9-11,25,28H,7-8H2,1H3. The van der Waals surface area contributed by atoms with E-state index >= 15 is 0 Å². The Bertz CT molecular complexity index is 1280. The van der Waals surface area contributed by atoms with Crippen LogP contribution < -0.4 is 19.5 Å². The van der Waals surface area contributed by atoms with Crippen molar-refractivity contribution in [1.29, 1.82) is 0 Å². The Balaban J connectivity index is 1.72. The highest BCUT2D eigenvalue weighted by molar-refractivity contribution is 6.39. The summed E-state index contributed by atoms with van der Waals surface area (Å²) in [5, 5.41) is 13.8. The number of anilines is 2. The molecule has 7 nitrogen and oxygen atoms in total. The molecule has 0 aliphatic carbocycles. The van der Waals surface area contributed by atoms with Crippen LogP contribution in [0.2, 0.25) is 10.0 Å². The van der Waals surface area contributed by atoms with Gasteiger partial charge in [0.25, 0.3) is 0 Å². The number of imidazole rings is 1. The fraction of sp³-hybridized carbons (Fsp3) is 0.136. The number of hydrogen-bond donors (Lipinski definition) is 2. The number of halogens is 2. The van der Waals surface area contributed by atoms with Gasteiger partial charge in [-0.1, -0.05) is 29.3 Å². The molecule has 0 spiro atoms. The molecule has 0 amide bonds. The quantitative estimate of drug-likeness (QED) is 0.419. The predicted octanol–water partition coefficient (Wildman–Crippen LogP) is 5.54. The number of pyridine rings is 1. The molecule has 0 atom stereocenters. The van der Waals surface area contributed by atoms with Crippen LogP contribution in [0.1, 0.15) is 0 Å². The average molecular weight is 458 g/mol. The first-order valence-electron chi connectivity index (χ1n) is 9.45. The molecule has 2 aromatic carbocycles. The van der Waals surface area contributed by atoms with Crippen LogP contribution in [0.5, 0.6) is 23.1 Å². The maximum Gasteiger partial charge on any atom is 0.200 e. The van der Waals surface area contributed by atoms with E-state index in [9.17, 15) is 5.11 Å². The lowest BCUT2D eigenvalue weighted by Gasteiger charge is -2.19. The Labute approximate surface area is 187 Å². The maximum atomic E-state index is 9.85. The van der Waals surface area contributed by atoms with Gasteiger partial charge >= 0.3 is 0 Å². The molecule has 1 aliphatic rings. The van der Waals surface area contributed by atoms with Crippen molar-refractivity contribution < 1.29 is 19.3 Å². The number of phenols is 1. The number of benzene rings is 2. The van der Waals surface area contributed by atoms with Crippen LogP contribution in [0.3, 0.4) is 0 Å². The zero-order valence-corrected chi connectivity index (χ0v) is 17.9. The monoisotopic (exact) mass is 457 g/mol. The summed E-state index contributed by atoms with van der Waals surface area (Å²) in [4.78, 5) is 4.74. The number of ether oxygens (including phenoxy) is 3. The minimum atomic E-state index is -0.0264. The van der Waals surface area contributed by atoms with E-state index in [0.717, 1.165) is 5.69 Å². The summed E-state index contributed by atoms with van der Waals surface area (Å²) in [6, 6.07) is 14.0. The first-order valence-corrected chi connectivity index (χ1v) is 10.2. The second kappa shape index (κ2) is 7.76. The number of rotatable bonds is 4. The van der Waals surface area contributed by atoms with Crippen molar-refractivity contribution in [3.63, 3.8) is 0 Å². The first-order chi connectivity index (χ1) is 15.0. The van der Waals surface area contributed by atoms with Gasteiger partial charge in [-0.25, -0.2) is 9.38 Å². The molecule has 1 aliphatic heterocycles. The molecule has 4 aromatic rings. The van der Waals surface area contributed by atoms with Crippen molar-refractivity contribution >= 4 is 40.4 Å². The van der Waals surface area contributed by atoms with Gasteiger partial charge in [-0.05, 0) is 36.4 Å². The van der Waals surface area contributed by atoms with Crippen molar-refractivity contribution in [3.05, 3.63) is 58.6 Å². The summed E-state index contributed by atoms with van der Waals surface area (Å²) < 4.78 is 18.7. The lowest BCUT2D eigenvalue weighted by atomic mass is 10.1. The zero-order chi connectivity index (χ0) is 21.5. The summed E-state index contributed by atoms with van der Waals surface area (Å²) in [6.45, 7) is 1.01. The van der Waals surface area contributed by atoms with Crippen LogP contribution in [0.15, 0.2) is 48.5 Å². The molecule has 2 N–H and O–H groups in total. The number of methoxy groups -OCH3 is 1. The second-order valence-electron chi connectivity index (χ2n) is 6.84. The molecule has 0 saturated carbocycles. The van der Waals surface area contributed by atoms with Gasteiger partial charge in [0.05, 0.1) is 17.2 Å². The van der Waals surface area contributed by atoms with Crippen LogP contribution in [0, 0.1) is 0 Å². The molecule has 3 heterocycles. The van der Waals surface area contributed by atoms with Gasteiger partial charge in [-0.15, -0.1) is 0 Å². The van der Waals surface area contributed by atoms with Crippen LogP contribution in [-0.4, -0.2) is 34.8 Å². The molecule has 2 aromatic heterocycles. The molecule has 0 saturated heterocycles. The zero-order valence-electron chi connectivity index (χ0n) is 16.4. The highest BCUT2D eigenvalue weighted by Crippen LogP contribution is 2.43. The van der Waals surface area contributed by atoms with E-state index in [1.807, 2.05) is 40.8 Å². The van der Waals surface area contributed by atoms with Crippen LogP contribution in [0.25, 0.3) is 16.9 Å². The number of fused-ring (bicyclic) bond motifs is 2. The van der Waals surface area contributed by atoms with Gasteiger partial charge in [-0.2, -0.15) is 0 Å². The summed E-state index contributed by atoms with van der Waals surface area (Å²) >= 11 is 12.9. The Kier molecular flexibility index (Phi) is 4.92. The second-order valence-corrected chi connectivity index (χ2v) is 7.65. The van der Waals surface area contributed by atoms with E-state index in [0.29, 0.717) is 53.3 Å². The lowest BCUT2D eigenvalue weighted by Crippen LogP contribution is -2.15. The molecule has 0 radical (unpaired) electrons. The summed E-state index contributed by atoms with van der Waals surface area (Å²) in [5.41, 5.74) is 2.39. The minimum absolute atomic E-state index is 0.0264. The van der Waals surface area contributed by atoms with Gasteiger partial charge in [0, 0.05) is 17.3 Å². The van der Waals surface area contributed by atoms with Crippen molar-refractivity contribution in [2.45, 2.75) is 0 Å². The van der Waals surface area contributed by atoms with Gasteiger partial charge < -0.3 is 24.6 Å². The Hall–Kier alpha value is -3.29. The number of nitrogens with zero attached hydrogens (tertiary/aromatic N) is 2. The third-order valence-corrected chi connectivity index (χ3v) is 5.48. The number of nitrogens with one attached hydrogen (secondary N) is 1. The summed E-state index contributed by atoms with van der Waals surface area (Å²) in [6.07, 6.45) is 0. The molecule has 0 unspecified atom stereocenters. The van der Waals surface area contributed by atoms with Gasteiger partial charge in [0.1, 0.15) is 36.1 Å². The molecular formula is C22H17Cl2N3O4. The summed E-state index contributed by atoms with van der Waals surface area (Å²) in [7, 11) is 1.59. The fourth-order valence-electron chi connectivity index (χ4n) is 3.56. The predicted molar refractivity (Wildman–Crippen MR) is 120 cm³/mol. The van der Waals surface area contributed by atoms with E-state index in [1.54, 1.807) is 7.11 Å². The number of aromatic nitrogens is 2. The van der Waals surface area contributed by atoms with E-state index in [2.05, 4.69) is 5.32 Å². The smallest absolute Gasteiger partial charge is 0.200 e. The van der Waals surface area contributed by atoms with E-state index in [4.69, 9.17) is 42.4 Å². The normalized spacial score (nSPS) is 12.7. The molecule has 158 valence electrons. The van der Waals surface area contributed by atoms with Crippen LogP contribution >= 0.6 is 23.2 Å². The fourth-order valence-corrected chi connectivity index (χ4v) is 4.21. The lowest BCUT2D eigenvalue weighted by molar-refractivity contribution is 0.171. The topological polar surface area (TPSA) is 77.2 Å². The molecule has 5 rings (SSSR count). The third kappa shape index (κ3) is 3.45. The van der Waals surface area contributed by atoms with E-state index in [-0.39, 0.29) is 15.8 Å². The highest BCUT2D eigenvalue weighted by Gasteiger charge is 2.22. The Morgan fingerprint density at radius 1 is 1.03 bits per heavy atom. The molecule has 9 heteroatoms. The van der Waals surface area contributed by atoms with Crippen molar-refractivity contribution in [2.75, 3.05) is 25.6 Å². The van der Waals surface area contributed by atoms with Crippen molar-refractivity contribution in [2.24, 2.45) is 0 Å². The summed E-state index contributed by atoms with van der Waals surface area (Å²) in [5.74, 6) is 2.49. The van der Waals surface area contributed by atoms with Gasteiger partial charge in [0.15, 0.2) is 11.5 Å². The Morgan fingerprint density at radius 2 is 1.77 bits per heavy atom. The van der Waals surface area contributed by atoms with Crippen molar-refractivity contribution in [1.82, 2.24) is 9.38 Å². The number of aromatic hydroxyl groups is 1. The first kappa shape index (κ1) is 19.7. The molecule has 0 fully saturated rings. The maximum absolute atomic E-state index is 9.85. The highest BCUT2D eigenvalue weighted by atomic mass is 35.5. The van der Waals surface area contributed by atoms with Crippen LogP contribution in [0.4, 0.5) is 11.5 Å². The molecular weight excluding hydrogens is 441 g/mol. The molecule has 31 heavy (non-hydrogen) atoms. The van der Waals surface area contributed by atoms with Crippen LogP contribution in [-0.2, 0) is 0 Å². The Morgan fingerprint density at radius 3 is 2.52 bits per heavy atom. The van der Waals surface area contributed by atoms with E-state index < -0.39 is 0 Å². The minimum Gasteiger partial charge on any atom is -0.508 e. The number of phenolic OH excluding ortho intramolecular Hbond substituents is 1.